The van der Waals surface area contributed by atoms with Crippen molar-refractivity contribution in [2.24, 2.45) is 0 Å². The SMILES string of the molecule is CC(C)c1[nH]nc(-c2cc(Cl)c(O)cc2O)c1-c1ccc2c(c1)OCCO2. The van der Waals surface area contributed by atoms with Gasteiger partial charge >= 0.3 is 0 Å². The summed E-state index contributed by atoms with van der Waals surface area (Å²) in [6, 6.07) is 8.44. The van der Waals surface area contributed by atoms with Gasteiger partial charge in [-0.15, -0.1) is 0 Å². The fourth-order valence-corrected chi connectivity index (χ4v) is 3.36. The topological polar surface area (TPSA) is 87.6 Å². The van der Waals surface area contributed by atoms with Crippen LogP contribution in [0.3, 0.4) is 0 Å². The van der Waals surface area contributed by atoms with Crippen molar-refractivity contribution >= 4 is 11.6 Å². The lowest BCUT2D eigenvalue weighted by Gasteiger charge is -2.19. The molecule has 140 valence electrons. The number of ether oxygens (including phenoxy) is 2. The molecule has 0 unspecified atom stereocenters. The van der Waals surface area contributed by atoms with Gasteiger partial charge in [-0.1, -0.05) is 31.5 Å². The molecule has 1 aliphatic heterocycles. The third-order valence-corrected chi connectivity index (χ3v) is 4.83. The fraction of sp³-hybridized carbons (Fsp3) is 0.250. The first kappa shape index (κ1) is 17.5. The Balaban J connectivity index is 1.92. The summed E-state index contributed by atoms with van der Waals surface area (Å²) in [6.45, 7) is 5.14. The molecule has 3 N–H and O–H groups in total. The Morgan fingerprint density at radius 1 is 1.04 bits per heavy atom. The maximum absolute atomic E-state index is 10.4. The van der Waals surface area contributed by atoms with Gasteiger partial charge in [-0.25, -0.2) is 0 Å². The molecule has 6 nitrogen and oxygen atoms in total. The summed E-state index contributed by atoms with van der Waals surface area (Å²) in [4.78, 5) is 0. The number of nitrogens with zero attached hydrogens (tertiary/aromatic N) is 1. The number of phenols is 2. The fourth-order valence-electron chi connectivity index (χ4n) is 3.20. The van der Waals surface area contributed by atoms with Crippen LogP contribution in [-0.4, -0.2) is 33.6 Å². The zero-order valence-electron chi connectivity index (χ0n) is 14.9. The van der Waals surface area contributed by atoms with Gasteiger partial charge in [-0.05, 0) is 29.7 Å². The maximum atomic E-state index is 10.4. The Morgan fingerprint density at radius 2 is 1.78 bits per heavy atom. The van der Waals surface area contributed by atoms with Crippen molar-refractivity contribution in [2.75, 3.05) is 13.2 Å². The molecule has 0 bridgehead atoms. The third kappa shape index (κ3) is 3.06. The minimum atomic E-state index is -0.182. The molecule has 1 aromatic heterocycles. The van der Waals surface area contributed by atoms with Crippen LogP contribution in [-0.2, 0) is 0 Å². The van der Waals surface area contributed by atoms with Crippen LogP contribution < -0.4 is 9.47 Å². The van der Waals surface area contributed by atoms with Gasteiger partial charge in [0.1, 0.15) is 30.4 Å². The predicted molar refractivity (Wildman–Crippen MR) is 103 cm³/mol. The highest BCUT2D eigenvalue weighted by molar-refractivity contribution is 6.32. The first-order valence-electron chi connectivity index (χ1n) is 8.66. The van der Waals surface area contributed by atoms with Crippen LogP contribution >= 0.6 is 11.6 Å². The molecule has 3 aromatic rings. The molecule has 0 fully saturated rings. The highest BCUT2D eigenvalue weighted by atomic mass is 35.5. The van der Waals surface area contributed by atoms with Gasteiger partial charge in [-0.3, -0.25) is 5.10 Å². The van der Waals surface area contributed by atoms with Crippen LogP contribution in [0.5, 0.6) is 23.0 Å². The second-order valence-electron chi connectivity index (χ2n) is 6.69. The van der Waals surface area contributed by atoms with Crippen molar-refractivity contribution in [3.05, 3.63) is 41.0 Å². The molecule has 4 rings (SSSR count). The lowest BCUT2D eigenvalue weighted by Crippen LogP contribution is -2.15. The molecule has 0 saturated heterocycles. The van der Waals surface area contributed by atoms with Gasteiger partial charge in [0.2, 0.25) is 0 Å². The van der Waals surface area contributed by atoms with Crippen LogP contribution in [0.15, 0.2) is 30.3 Å². The molecule has 0 saturated carbocycles. The van der Waals surface area contributed by atoms with Crippen LogP contribution in [0.25, 0.3) is 22.4 Å². The van der Waals surface area contributed by atoms with Crippen molar-refractivity contribution in [3.8, 4) is 45.4 Å². The van der Waals surface area contributed by atoms with E-state index in [2.05, 4.69) is 24.0 Å². The number of rotatable bonds is 3. The summed E-state index contributed by atoms with van der Waals surface area (Å²) in [7, 11) is 0. The summed E-state index contributed by atoms with van der Waals surface area (Å²) in [6.07, 6.45) is 0. The number of benzene rings is 2. The van der Waals surface area contributed by atoms with Crippen molar-refractivity contribution in [2.45, 2.75) is 19.8 Å². The molecule has 7 heteroatoms. The minimum absolute atomic E-state index is 0.0995. The van der Waals surface area contributed by atoms with E-state index < -0.39 is 0 Å². The van der Waals surface area contributed by atoms with Crippen molar-refractivity contribution in [1.29, 1.82) is 0 Å². The van der Waals surface area contributed by atoms with Crippen molar-refractivity contribution in [1.82, 2.24) is 10.2 Å². The molecular weight excluding hydrogens is 368 g/mol. The summed E-state index contributed by atoms with van der Waals surface area (Å²) in [5.74, 6) is 1.27. The summed E-state index contributed by atoms with van der Waals surface area (Å²) in [5.41, 5.74) is 3.64. The molecule has 0 aliphatic carbocycles. The average molecular weight is 387 g/mol. The number of phenolic OH excluding ortho intramolecular Hbond substituents is 2. The van der Waals surface area contributed by atoms with Crippen molar-refractivity contribution < 1.29 is 19.7 Å². The summed E-state index contributed by atoms with van der Waals surface area (Å²) in [5, 5.41) is 27.7. The van der Waals surface area contributed by atoms with Gasteiger partial charge in [0.15, 0.2) is 11.5 Å². The zero-order chi connectivity index (χ0) is 19.1. The largest absolute Gasteiger partial charge is 0.507 e. The standard InChI is InChI=1S/C20H19ClN2O4/c1-10(2)19-18(11-3-4-16-17(7-11)27-6-5-26-16)20(23-22-19)12-8-13(21)15(25)9-14(12)24/h3-4,7-10,24-25H,5-6H2,1-2H3,(H,22,23). The number of fused-ring (bicyclic) bond motifs is 1. The minimum Gasteiger partial charge on any atom is -0.507 e. The zero-order valence-corrected chi connectivity index (χ0v) is 15.7. The van der Waals surface area contributed by atoms with Gasteiger partial charge < -0.3 is 19.7 Å². The van der Waals surface area contributed by atoms with E-state index >= 15 is 0 Å². The first-order valence-corrected chi connectivity index (χ1v) is 9.03. The Labute approximate surface area is 161 Å². The molecule has 1 aliphatic rings. The Kier molecular flexibility index (Phi) is 4.36. The van der Waals surface area contributed by atoms with Crippen LogP contribution in [0.1, 0.15) is 25.5 Å². The molecule has 0 radical (unpaired) electrons. The smallest absolute Gasteiger partial charge is 0.161 e. The van der Waals surface area contributed by atoms with E-state index in [0.29, 0.717) is 36.0 Å². The Hall–Kier alpha value is -2.86. The number of nitrogens with one attached hydrogen (secondary N) is 1. The lowest BCUT2D eigenvalue weighted by molar-refractivity contribution is 0.171. The van der Waals surface area contributed by atoms with E-state index in [9.17, 15) is 10.2 Å². The number of hydrogen-bond acceptors (Lipinski definition) is 5. The van der Waals surface area contributed by atoms with Gasteiger partial charge in [0.25, 0.3) is 0 Å². The van der Waals surface area contributed by atoms with E-state index in [1.54, 1.807) is 0 Å². The predicted octanol–water partition coefficient (Wildman–Crippen LogP) is 4.70. The van der Waals surface area contributed by atoms with Crippen LogP contribution in [0, 0.1) is 0 Å². The molecule has 0 atom stereocenters. The van der Waals surface area contributed by atoms with Crippen molar-refractivity contribution in [3.63, 3.8) is 0 Å². The van der Waals surface area contributed by atoms with Gasteiger partial charge in [-0.2, -0.15) is 5.10 Å². The Bertz CT molecular complexity index is 1010. The molecule has 0 amide bonds. The molecule has 2 heterocycles. The summed E-state index contributed by atoms with van der Waals surface area (Å²) >= 11 is 6.06. The number of halogens is 1. The van der Waals surface area contributed by atoms with E-state index in [-0.39, 0.29) is 22.4 Å². The highest BCUT2D eigenvalue weighted by Gasteiger charge is 2.23. The van der Waals surface area contributed by atoms with Gasteiger partial charge in [0.05, 0.1) is 5.02 Å². The monoisotopic (exact) mass is 386 g/mol. The van der Waals surface area contributed by atoms with Gasteiger partial charge in [0, 0.05) is 22.9 Å². The quantitative estimate of drug-likeness (QED) is 0.607. The maximum Gasteiger partial charge on any atom is 0.161 e. The van der Waals surface area contributed by atoms with E-state index in [0.717, 1.165) is 16.8 Å². The number of H-pyrrole nitrogens is 1. The second kappa shape index (κ2) is 6.70. The van der Waals surface area contributed by atoms with Crippen LogP contribution in [0.2, 0.25) is 5.02 Å². The second-order valence-corrected chi connectivity index (χ2v) is 7.10. The number of aromatic hydroxyl groups is 2. The van der Waals surface area contributed by atoms with E-state index in [1.807, 2.05) is 18.2 Å². The lowest BCUT2D eigenvalue weighted by atomic mass is 9.94. The molecular formula is C20H19ClN2O4. The number of aromatic amines is 1. The molecule has 27 heavy (non-hydrogen) atoms. The first-order chi connectivity index (χ1) is 13.0. The number of hydrogen-bond donors (Lipinski definition) is 3. The van der Waals surface area contributed by atoms with E-state index in [4.69, 9.17) is 21.1 Å². The van der Waals surface area contributed by atoms with E-state index in [1.165, 1.54) is 12.1 Å². The average Bonchev–Trinajstić information content (AvgIpc) is 3.09. The molecule has 2 aromatic carbocycles. The third-order valence-electron chi connectivity index (χ3n) is 4.52. The Morgan fingerprint density at radius 3 is 2.52 bits per heavy atom. The molecule has 0 spiro atoms. The summed E-state index contributed by atoms with van der Waals surface area (Å²) < 4.78 is 11.3. The van der Waals surface area contributed by atoms with Crippen LogP contribution in [0.4, 0.5) is 0 Å². The normalized spacial score (nSPS) is 13.2. The number of aromatic nitrogens is 2. The highest BCUT2D eigenvalue weighted by Crippen LogP contribution is 2.44.